The van der Waals surface area contributed by atoms with E-state index in [2.05, 4.69) is 6.58 Å². The van der Waals surface area contributed by atoms with E-state index < -0.39 is 0 Å². The molecule has 0 unspecified atom stereocenters. The number of rotatable bonds is 1. The average Bonchev–Trinajstić information content (AvgIpc) is 1.37. The summed E-state index contributed by atoms with van der Waals surface area (Å²) < 4.78 is 0. The molecule has 0 aromatic heterocycles. The smallest absolute Gasteiger partial charge is 1.00 e. The van der Waals surface area contributed by atoms with E-state index in [1.807, 2.05) is 0 Å². The second-order valence-corrected chi connectivity index (χ2v) is 0.524. The van der Waals surface area contributed by atoms with Crippen molar-refractivity contribution in [2.24, 2.45) is 0 Å². The van der Waals surface area contributed by atoms with E-state index in [4.69, 9.17) is 7.85 Å². The Morgan fingerprint density at radius 2 is 2.20 bits per heavy atom. The Bertz CT molecular complexity index is 24.8. The maximum absolute atomic E-state index is 4.91. The summed E-state index contributed by atoms with van der Waals surface area (Å²) in [5.41, 5.74) is 0. The summed E-state index contributed by atoms with van der Waals surface area (Å²) in [7, 11) is 4.91. The third-order valence-corrected chi connectivity index (χ3v) is 0.167. The zero-order valence-electron chi connectivity index (χ0n) is 4.57. The summed E-state index contributed by atoms with van der Waals surface area (Å²) >= 11 is 0. The van der Waals surface area contributed by atoms with Crippen molar-refractivity contribution < 1.29 is 20.3 Å². The van der Waals surface area contributed by atoms with Gasteiger partial charge in [-0.25, -0.2) is 0 Å². The summed E-state index contributed by atoms with van der Waals surface area (Å²) in [4.78, 5) is 0. The van der Waals surface area contributed by atoms with Crippen LogP contribution in [0.3, 0.4) is 0 Å². The van der Waals surface area contributed by atoms with Crippen molar-refractivity contribution in [3.63, 3.8) is 0 Å². The Balaban J connectivity index is -0.0000000450. The molecule has 5 heavy (non-hydrogen) atoms. The molecule has 0 aromatic carbocycles. The quantitative estimate of drug-likeness (QED) is 0.239. The van der Waals surface area contributed by atoms with Crippen LogP contribution < -0.4 is 18.9 Å². The molecule has 0 aliphatic carbocycles. The van der Waals surface area contributed by atoms with E-state index in [1.54, 1.807) is 6.08 Å². The van der Waals surface area contributed by atoms with Gasteiger partial charge in [-0.3, -0.25) is 0 Å². The van der Waals surface area contributed by atoms with Crippen molar-refractivity contribution in [2.75, 3.05) is 0 Å². The van der Waals surface area contributed by atoms with E-state index in [0.29, 0.717) is 6.32 Å². The van der Waals surface area contributed by atoms with Crippen LogP contribution in [-0.4, -0.2) is 7.85 Å². The van der Waals surface area contributed by atoms with E-state index >= 15 is 0 Å². The van der Waals surface area contributed by atoms with Gasteiger partial charge in [0.25, 0.3) is 0 Å². The average molecular weight is 59.8 g/mol. The third-order valence-electron chi connectivity index (χ3n) is 0.167. The molecule has 0 fully saturated rings. The maximum Gasteiger partial charge on any atom is 1.00 e. The molecule has 0 atom stereocenters. The molecule has 0 rings (SSSR count). The minimum Gasteiger partial charge on any atom is -1.00 e. The molecule has 2 heteroatoms. The standard InChI is InChI=1S/C3H5B.Li.H/c1-2-3-4;;/h2H,1,3H2;;/q;+1;-1. The Hall–Kier alpha value is 0.402. The van der Waals surface area contributed by atoms with Crippen molar-refractivity contribution in [1.29, 1.82) is 0 Å². The van der Waals surface area contributed by atoms with Gasteiger partial charge in [-0.2, -0.15) is 0 Å². The molecule has 0 spiro atoms. The van der Waals surface area contributed by atoms with Gasteiger partial charge in [-0.1, -0.05) is 6.32 Å². The minimum atomic E-state index is 0. The first-order valence-corrected chi connectivity index (χ1v) is 1.22. The van der Waals surface area contributed by atoms with Crippen LogP contribution in [0.5, 0.6) is 0 Å². The van der Waals surface area contributed by atoms with Gasteiger partial charge in [0.15, 0.2) is 0 Å². The predicted molar refractivity (Wildman–Crippen MR) is 21.9 cm³/mol. The van der Waals surface area contributed by atoms with Crippen LogP contribution in [0.15, 0.2) is 12.7 Å². The van der Waals surface area contributed by atoms with Gasteiger partial charge in [-0.15, -0.1) is 12.7 Å². The first-order chi connectivity index (χ1) is 1.91. The van der Waals surface area contributed by atoms with Gasteiger partial charge in [0, 0.05) is 0 Å². The van der Waals surface area contributed by atoms with Crippen molar-refractivity contribution in [1.82, 2.24) is 0 Å². The van der Waals surface area contributed by atoms with Crippen molar-refractivity contribution in [3.05, 3.63) is 12.7 Å². The SMILES string of the molecule is [B]CC=C.[H-].[Li+]. The summed E-state index contributed by atoms with van der Waals surface area (Å²) in [6, 6.07) is 0. The molecule has 2 radical (unpaired) electrons. The Kier molecular flexibility index (Phi) is 16.0. The zero-order valence-corrected chi connectivity index (χ0v) is 3.57. The summed E-state index contributed by atoms with van der Waals surface area (Å²) in [6.07, 6.45) is 2.24. The maximum atomic E-state index is 4.91. The van der Waals surface area contributed by atoms with Gasteiger partial charge in [0.05, 0.1) is 7.85 Å². The van der Waals surface area contributed by atoms with Crippen LogP contribution in [0.4, 0.5) is 0 Å². The van der Waals surface area contributed by atoms with Crippen LogP contribution >= 0.6 is 0 Å². The van der Waals surface area contributed by atoms with Gasteiger partial charge in [0.2, 0.25) is 0 Å². The van der Waals surface area contributed by atoms with Crippen molar-refractivity contribution >= 4 is 7.85 Å². The Labute approximate surface area is 47.7 Å². The fourth-order valence-corrected chi connectivity index (χ4v) is 0. The van der Waals surface area contributed by atoms with Crippen LogP contribution in [0.1, 0.15) is 1.43 Å². The minimum absolute atomic E-state index is 0. The Morgan fingerprint density at radius 1 is 2.00 bits per heavy atom. The monoisotopic (exact) mass is 60.1 g/mol. The van der Waals surface area contributed by atoms with Crippen LogP contribution in [0.2, 0.25) is 6.32 Å². The summed E-state index contributed by atoms with van der Waals surface area (Å²) in [5, 5.41) is 0. The molecule has 0 nitrogen and oxygen atoms in total. The van der Waals surface area contributed by atoms with Crippen molar-refractivity contribution in [3.8, 4) is 0 Å². The molecule has 0 bridgehead atoms. The van der Waals surface area contributed by atoms with Crippen LogP contribution in [0.25, 0.3) is 0 Å². The Morgan fingerprint density at radius 3 is 2.20 bits per heavy atom. The molecule has 0 aliphatic rings. The molecule has 0 N–H and O–H groups in total. The summed E-state index contributed by atoms with van der Waals surface area (Å²) in [6.45, 7) is 3.35. The van der Waals surface area contributed by atoms with E-state index in [0.717, 1.165) is 0 Å². The van der Waals surface area contributed by atoms with Gasteiger partial charge < -0.3 is 1.43 Å². The molecule has 0 aliphatic heterocycles. The number of hydrogen-bond acceptors (Lipinski definition) is 0. The van der Waals surface area contributed by atoms with E-state index in [9.17, 15) is 0 Å². The molecule has 0 saturated carbocycles. The molecular weight excluding hydrogens is 53.8 g/mol. The second kappa shape index (κ2) is 8.83. The molecule has 0 heterocycles. The second-order valence-electron chi connectivity index (χ2n) is 0.524. The van der Waals surface area contributed by atoms with Gasteiger partial charge >= 0.3 is 18.9 Å². The third kappa shape index (κ3) is 12.9. The fraction of sp³-hybridized carbons (Fsp3) is 0.333. The van der Waals surface area contributed by atoms with Gasteiger partial charge in [0.1, 0.15) is 0 Å². The molecule has 22 valence electrons. The normalized spacial score (nSPS) is 4.80. The first kappa shape index (κ1) is 9.04. The largest absolute Gasteiger partial charge is 1.00 e. The number of hydrogen-bond donors (Lipinski definition) is 0. The van der Waals surface area contributed by atoms with E-state index in [1.165, 1.54) is 0 Å². The van der Waals surface area contributed by atoms with E-state index in [-0.39, 0.29) is 20.3 Å². The van der Waals surface area contributed by atoms with Crippen LogP contribution in [-0.2, 0) is 0 Å². The zero-order chi connectivity index (χ0) is 3.41. The molecule has 0 aromatic rings. The van der Waals surface area contributed by atoms with Gasteiger partial charge in [-0.05, 0) is 0 Å². The summed E-state index contributed by atoms with van der Waals surface area (Å²) in [5.74, 6) is 0. The van der Waals surface area contributed by atoms with Crippen LogP contribution in [0, 0.1) is 0 Å². The molecule has 0 amide bonds. The molecular formula is C3H6BLi. The fourth-order valence-electron chi connectivity index (χ4n) is 0. The number of allylic oxidation sites excluding steroid dienone is 1. The van der Waals surface area contributed by atoms with Crippen molar-refractivity contribution in [2.45, 2.75) is 6.32 Å². The molecule has 0 saturated heterocycles. The predicted octanol–water partition coefficient (Wildman–Crippen LogP) is -2.12. The first-order valence-electron chi connectivity index (χ1n) is 1.22. The topological polar surface area (TPSA) is 0 Å².